The monoisotopic (exact) mass is 532 g/mol. The number of nitrogens with zero attached hydrogens (tertiary/aromatic N) is 6. The number of aromatic nitrogens is 4. The summed E-state index contributed by atoms with van der Waals surface area (Å²) in [5, 5.41) is 7.58. The zero-order valence-electron chi connectivity index (χ0n) is 21.3. The first-order valence-electron chi connectivity index (χ1n) is 12.4. The van der Waals surface area contributed by atoms with Crippen LogP contribution in [-0.4, -0.2) is 70.1 Å². The molecule has 2 N–H and O–H groups in total. The van der Waals surface area contributed by atoms with E-state index in [0.717, 1.165) is 53.8 Å². The predicted molar refractivity (Wildman–Crippen MR) is 150 cm³/mol. The molecule has 3 aromatic heterocycles. The number of anilines is 2. The van der Waals surface area contributed by atoms with Crippen molar-refractivity contribution < 1.29 is 4.79 Å². The number of likely N-dealkylation sites (N-methyl/N-ethyl adjacent to an activating group) is 1. The molecule has 0 aliphatic carbocycles. The van der Waals surface area contributed by atoms with Crippen LogP contribution in [-0.2, 0) is 18.4 Å². The van der Waals surface area contributed by atoms with Gasteiger partial charge in [0.25, 0.3) is 0 Å². The Labute approximate surface area is 225 Å². The van der Waals surface area contributed by atoms with Gasteiger partial charge in [-0.3, -0.25) is 19.5 Å². The third-order valence-corrected chi connectivity index (χ3v) is 6.83. The lowest BCUT2D eigenvalue weighted by Gasteiger charge is -2.34. The number of hydrogen-bond donors (Lipinski definition) is 2. The van der Waals surface area contributed by atoms with E-state index in [1.807, 2.05) is 36.5 Å². The molecule has 0 saturated carbocycles. The van der Waals surface area contributed by atoms with Crippen LogP contribution in [0.15, 0.2) is 59.8 Å². The number of amides is 1. The van der Waals surface area contributed by atoms with Crippen molar-refractivity contribution in [2.75, 3.05) is 50.0 Å². The number of benzene rings is 1. The number of halogens is 1. The summed E-state index contributed by atoms with van der Waals surface area (Å²) in [4.78, 5) is 41.9. The highest BCUT2D eigenvalue weighted by Crippen LogP contribution is 2.29. The summed E-state index contributed by atoms with van der Waals surface area (Å²) in [7, 11) is 3.39. The minimum Gasteiger partial charge on any atom is -0.365 e. The van der Waals surface area contributed by atoms with Gasteiger partial charge in [-0.05, 0) is 41.0 Å². The van der Waals surface area contributed by atoms with Crippen LogP contribution in [0, 0.1) is 0 Å². The Hall–Kier alpha value is -4.02. The fourth-order valence-electron chi connectivity index (χ4n) is 4.46. The second-order valence-corrected chi connectivity index (χ2v) is 9.71. The lowest BCUT2D eigenvalue weighted by atomic mass is 10.0. The summed E-state index contributed by atoms with van der Waals surface area (Å²) in [5.41, 5.74) is 3.57. The van der Waals surface area contributed by atoms with Gasteiger partial charge in [0.2, 0.25) is 17.4 Å². The van der Waals surface area contributed by atoms with Gasteiger partial charge in [-0.1, -0.05) is 17.7 Å². The zero-order valence-corrected chi connectivity index (χ0v) is 22.1. The van der Waals surface area contributed by atoms with Crippen molar-refractivity contribution in [2.45, 2.75) is 6.54 Å². The van der Waals surface area contributed by atoms with Crippen LogP contribution in [0.5, 0.6) is 0 Å². The van der Waals surface area contributed by atoms with Crippen LogP contribution in [0.1, 0.15) is 5.56 Å². The van der Waals surface area contributed by atoms with Crippen molar-refractivity contribution in [1.82, 2.24) is 29.7 Å². The molecule has 10 nitrogen and oxygen atoms in total. The predicted octanol–water partition coefficient (Wildman–Crippen LogP) is 2.52. The SMILES string of the molecule is CNC(=O)CN1CCN(c2nc(NCc3cncc(Cl)c3)c3cc(-c4ccc(=O)n(C)c4)ccc3n2)CC1. The summed E-state index contributed by atoms with van der Waals surface area (Å²) < 4.78 is 1.56. The third-order valence-electron chi connectivity index (χ3n) is 6.63. The van der Waals surface area contributed by atoms with Gasteiger partial charge in [0.1, 0.15) is 5.82 Å². The molecule has 1 aliphatic rings. The lowest BCUT2D eigenvalue weighted by molar-refractivity contribution is -0.121. The number of rotatable bonds is 7. The van der Waals surface area contributed by atoms with Gasteiger partial charge in [-0.2, -0.15) is 4.98 Å². The Balaban J connectivity index is 1.47. The molecular formula is C27H29ClN8O2. The van der Waals surface area contributed by atoms with Gasteiger partial charge in [-0.25, -0.2) is 4.98 Å². The summed E-state index contributed by atoms with van der Waals surface area (Å²) >= 11 is 6.14. The molecule has 196 valence electrons. The molecule has 1 amide bonds. The fraction of sp³-hybridized carbons (Fsp3) is 0.296. The van der Waals surface area contributed by atoms with Gasteiger partial charge < -0.3 is 20.1 Å². The Morgan fingerprint density at radius 1 is 1.03 bits per heavy atom. The van der Waals surface area contributed by atoms with Crippen molar-refractivity contribution in [2.24, 2.45) is 7.05 Å². The minimum absolute atomic E-state index is 0.0108. The molecule has 1 fully saturated rings. The molecule has 11 heteroatoms. The Kier molecular flexibility index (Phi) is 7.52. The molecule has 1 aromatic carbocycles. The topological polar surface area (TPSA) is 108 Å². The van der Waals surface area contributed by atoms with E-state index in [-0.39, 0.29) is 11.5 Å². The molecule has 0 spiro atoms. The van der Waals surface area contributed by atoms with Crippen LogP contribution in [0.4, 0.5) is 11.8 Å². The third kappa shape index (κ3) is 5.76. The molecule has 0 unspecified atom stereocenters. The molecular weight excluding hydrogens is 504 g/mol. The molecule has 0 radical (unpaired) electrons. The van der Waals surface area contributed by atoms with Crippen LogP contribution in [0.3, 0.4) is 0 Å². The van der Waals surface area contributed by atoms with Crippen molar-refractivity contribution >= 4 is 40.2 Å². The lowest BCUT2D eigenvalue weighted by Crippen LogP contribution is -2.49. The van der Waals surface area contributed by atoms with Gasteiger partial charge >= 0.3 is 0 Å². The number of hydrogen-bond acceptors (Lipinski definition) is 8. The quantitative estimate of drug-likeness (QED) is 0.374. The van der Waals surface area contributed by atoms with E-state index in [0.29, 0.717) is 29.9 Å². The van der Waals surface area contributed by atoms with Crippen LogP contribution >= 0.6 is 11.6 Å². The maximum Gasteiger partial charge on any atom is 0.250 e. The standard InChI is InChI=1S/C27H29ClN8O2/c1-29-24(37)17-35-7-9-36(10-8-35)27-32-23-5-3-19(20-4-6-25(38)34(2)16-20)12-22(23)26(33-27)31-14-18-11-21(28)15-30-13-18/h3-6,11-13,15-16H,7-10,14,17H2,1-2H3,(H,29,37)(H,31,32,33). The van der Waals surface area contributed by atoms with Gasteiger partial charge in [0, 0.05) is 76.9 Å². The fourth-order valence-corrected chi connectivity index (χ4v) is 4.66. The smallest absolute Gasteiger partial charge is 0.250 e. The number of carbonyl (C=O) groups is 1. The van der Waals surface area contributed by atoms with E-state index in [1.165, 1.54) is 0 Å². The number of aryl methyl sites for hydroxylation is 1. The van der Waals surface area contributed by atoms with E-state index in [9.17, 15) is 9.59 Å². The summed E-state index contributed by atoms with van der Waals surface area (Å²) in [6.07, 6.45) is 5.19. The highest BCUT2D eigenvalue weighted by atomic mass is 35.5. The number of carbonyl (C=O) groups excluding carboxylic acids is 1. The van der Waals surface area contributed by atoms with Crippen LogP contribution in [0.25, 0.3) is 22.0 Å². The number of pyridine rings is 2. The molecule has 0 bridgehead atoms. The molecule has 5 rings (SSSR count). The average Bonchev–Trinajstić information content (AvgIpc) is 2.93. The highest BCUT2D eigenvalue weighted by molar-refractivity contribution is 6.30. The molecule has 38 heavy (non-hydrogen) atoms. The Morgan fingerprint density at radius 2 is 1.82 bits per heavy atom. The number of piperazine rings is 1. The molecule has 4 heterocycles. The first-order valence-corrected chi connectivity index (χ1v) is 12.8. The van der Waals surface area contributed by atoms with Gasteiger partial charge in [0.15, 0.2) is 0 Å². The molecule has 0 atom stereocenters. The van der Waals surface area contributed by atoms with Gasteiger partial charge in [0.05, 0.1) is 17.1 Å². The van der Waals surface area contributed by atoms with Crippen LogP contribution < -0.4 is 21.1 Å². The van der Waals surface area contributed by atoms with Crippen molar-refractivity contribution in [3.63, 3.8) is 0 Å². The second kappa shape index (κ2) is 11.2. The minimum atomic E-state index is -0.0598. The summed E-state index contributed by atoms with van der Waals surface area (Å²) in [6, 6.07) is 11.3. The summed E-state index contributed by atoms with van der Waals surface area (Å²) in [5.74, 6) is 1.35. The van der Waals surface area contributed by atoms with E-state index in [1.54, 1.807) is 37.1 Å². The summed E-state index contributed by atoms with van der Waals surface area (Å²) in [6.45, 7) is 3.81. The van der Waals surface area contributed by atoms with E-state index < -0.39 is 0 Å². The first-order chi connectivity index (χ1) is 18.4. The maximum atomic E-state index is 11.9. The van der Waals surface area contributed by atoms with Crippen molar-refractivity contribution in [3.05, 3.63) is 75.9 Å². The number of nitrogens with one attached hydrogen (secondary N) is 2. The average molecular weight is 533 g/mol. The normalized spacial score (nSPS) is 14.0. The first kappa shape index (κ1) is 25.6. The highest BCUT2D eigenvalue weighted by Gasteiger charge is 2.22. The second-order valence-electron chi connectivity index (χ2n) is 9.27. The molecule has 4 aromatic rings. The zero-order chi connectivity index (χ0) is 26.6. The van der Waals surface area contributed by atoms with E-state index >= 15 is 0 Å². The molecule has 1 aliphatic heterocycles. The largest absolute Gasteiger partial charge is 0.365 e. The maximum absolute atomic E-state index is 11.9. The van der Waals surface area contributed by atoms with Crippen molar-refractivity contribution in [3.8, 4) is 11.1 Å². The Morgan fingerprint density at radius 3 is 2.55 bits per heavy atom. The van der Waals surface area contributed by atoms with Crippen molar-refractivity contribution in [1.29, 1.82) is 0 Å². The van der Waals surface area contributed by atoms with Gasteiger partial charge in [-0.15, -0.1) is 0 Å². The Bertz CT molecular complexity index is 1530. The number of fused-ring (bicyclic) bond motifs is 1. The molecule has 1 saturated heterocycles. The van der Waals surface area contributed by atoms with E-state index in [4.69, 9.17) is 21.6 Å². The van der Waals surface area contributed by atoms with E-state index in [2.05, 4.69) is 25.4 Å². The van der Waals surface area contributed by atoms with Crippen LogP contribution in [0.2, 0.25) is 5.02 Å².